The Bertz CT molecular complexity index is 515. The highest BCUT2D eigenvalue weighted by Gasteiger charge is 2.10. The molecule has 0 aliphatic carbocycles. The Labute approximate surface area is 109 Å². The second-order valence-electron chi connectivity index (χ2n) is 4.03. The summed E-state index contributed by atoms with van der Waals surface area (Å²) in [5.41, 5.74) is 3.09. The zero-order valence-corrected chi connectivity index (χ0v) is 11.7. The summed E-state index contributed by atoms with van der Waals surface area (Å²) in [4.78, 5) is 0. The molecular weight excluding hydrogens is 282 g/mol. The van der Waals surface area contributed by atoms with Crippen molar-refractivity contribution in [2.24, 2.45) is 0 Å². The van der Waals surface area contributed by atoms with E-state index in [4.69, 9.17) is 9.26 Å². The van der Waals surface area contributed by atoms with Crippen LogP contribution in [0.25, 0.3) is 0 Å². The van der Waals surface area contributed by atoms with Crippen LogP contribution in [0.4, 0.5) is 0 Å². The summed E-state index contributed by atoms with van der Waals surface area (Å²) >= 11 is 3.48. The van der Waals surface area contributed by atoms with Crippen molar-refractivity contribution in [1.82, 2.24) is 5.16 Å². The third-order valence-electron chi connectivity index (χ3n) is 2.64. The number of rotatable bonds is 3. The van der Waals surface area contributed by atoms with E-state index in [1.807, 2.05) is 39.0 Å². The summed E-state index contributed by atoms with van der Waals surface area (Å²) in [6.07, 6.45) is 0. The van der Waals surface area contributed by atoms with Gasteiger partial charge in [-0.1, -0.05) is 11.2 Å². The second kappa shape index (κ2) is 4.92. The van der Waals surface area contributed by atoms with Crippen molar-refractivity contribution < 1.29 is 9.26 Å². The van der Waals surface area contributed by atoms with Crippen LogP contribution in [0.1, 0.15) is 22.6 Å². The molecule has 1 aromatic carbocycles. The molecule has 17 heavy (non-hydrogen) atoms. The SMILES string of the molecule is Cc1ccc(OCc2c(C)noc2C)c(Br)c1. The molecule has 4 heteroatoms. The molecule has 1 heterocycles. The van der Waals surface area contributed by atoms with Crippen molar-refractivity contribution in [2.75, 3.05) is 0 Å². The highest BCUT2D eigenvalue weighted by molar-refractivity contribution is 9.10. The smallest absolute Gasteiger partial charge is 0.140 e. The first-order chi connectivity index (χ1) is 8.08. The minimum absolute atomic E-state index is 0.475. The van der Waals surface area contributed by atoms with Gasteiger partial charge in [-0.3, -0.25) is 0 Å². The molecule has 90 valence electrons. The van der Waals surface area contributed by atoms with Crippen LogP contribution in [-0.2, 0) is 6.61 Å². The number of hydrogen-bond donors (Lipinski definition) is 0. The Morgan fingerprint density at radius 1 is 1.29 bits per heavy atom. The van der Waals surface area contributed by atoms with Gasteiger partial charge in [-0.15, -0.1) is 0 Å². The van der Waals surface area contributed by atoms with Crippen LogP contribution >= 0.6 is 15.9 Å². The van der Waals surface area contributed by atoms with Gasteiger partial charge in [0, 0.05) is 0 Å². The normalized spacial score (nSPS) is 10.6. The molecule has 0 saturated heterocycles. The van der Waals surface area contributed by atoms with E-state index in [0.29, 0.717) is 6.61 Å². The van der Waals surface area contributed by atoms with Crippen molar-refractivity contribution in [3.05, 3.63) is 45.3 Å². The van der Waals surface area contributed by atoms with Crippen molar-refractivity contribution in [2.45, 2.75) is 27.4 Å². The van der Waals surface area contributed by atoms with Gasteiger partial charge in [-0.05, 0) is 54.4 Å². The van der Waals surface area contributed by atoms with Crippen molar-refractivity contribution in [3.8, 4) is 5.75 Å². The molecule has 2 aromatic rings. The van der Waals surface area contributed by atoms with E-state index in [-0.39, 0.29) is 0 Å². The topological polar surface area (TPSA) is 35.3 Å². The summed E-state index contributed by atoms with van der Waals surface area (Å²) < 4.78 is 11.8. The van der Waals surface area contributed by atoms with E-state index >= 15 is 0 Å². The minimum atomic E-state index is 0.475. The number of hydrogen-bond acceptors (Lipinski definition) is 3. The van der Waals surface area contributed by atoms with Crippen molar-refractivity contribution in [3.63, 3.8) is 0 Å². The number of aromatic nitrogens is 1. The summed E-state index contributed by atoms with van der Waals surface area (Å²) in [7, 11) is 0. The van der Waals surface area contributed by atoms with Crippen LogP contribution in [0.15, 0.2) is 27.2 Å². The molecule has 3 nitrogen and oxygen atoms in total. The number of halogens is 1. The molecule has 0 N–H and O–H groups in total. The lowest BCUT2D eigenvalue weighted by Crippen LogP contribution is -1.98. The third-order valence-corrected chi connectivity index (χ3v) is 3.26. The zero-order chi connectivity index (χ0) is 12.4. The van der Waals surface area contributed by atoms with E-state index in [9.17, 15) is 0 Å². The molecule has 0 bridgehead atoms. The van der Waals surface area contributed by atoms with E-state index in [1.165, 1.54) is 5.56 Å². The largest absolute Gasteiger partial charge is 0.488 e. The molecular formula is C13H14BrNO2. The Morgan fingerprint density at radius 3 is 2.65 bits per heavy atom. The lowest BCUT2D eigenvalue weighted by Gasteiger charge is -2.08. The highest BCUT2D eigenvalue weighted by Crippen LogP contribution is 2.27. The predicted molar refractivity (Wildman–Crippen MR) is 69.2 cm³/mol. The van der Waals surface area contributed by atoms with E-state index < -0.39 is 0 Å². The van der Waals surface area contributed by atoms with Gasteiger partial charge in [0.2, 0.25) is 0 Å². The van der Waals surface area contributed by atoms with Crippen molar-refractivity contribution in [1.29, 1.82) is 0 Å². The van der Waals surface area contributed by atoms with Gasteiger partial charge in [0.05, 0.1) is 15.7 Å². The van der Waals surface area contributed by atoms with Gasteiger partial charge in [0.15, 0.2) is 0 Å². The van der Waals surface area contributed by atoms with Crippen LogP contribution in [-0.4, -0.2) is 5.16 Å². The summed E-state index contributed by atoms with van der Waals surface area (Å²) in [5.74, 6) is 1.64. The van der Waals surface area contributed by atoms with Gasteiger partial charge in [0.25, 0.3) is 0 Å². The molecule has 0 aliphatic rings. The molecule has 0 saturated carbocycles. The van der Waals surface area contributed by atoms with E-state index in [2.05, 4.69) is 21.1 Å². The molecule has 2 rings (SSSR count). The Hall–Kier alpha value is -1.29. The fourth-order valence-corrected chi connectivity index (χ4v) is 2.19. The monoisotopic (exact) mass is 295 g/mol. The van der Waals surface area contributed by atoms with E-state index in [1.54, 1.807) is 0 Å². The third kappa shape index (κ3) is 2.69. The first-order valence-electron chi connectivity index (χ1n) is 5.38. The lowest BCUT2D eigenvalue weighted by molar-refractivity contribution is 0.300. The highest BCUT2D eigenvalue weighted by atomic mass is 79.9. The average Bonchev–Trinajstić information content (AvgIpc) is 2.58. The Kier molecular flexibility index (Phi) is 3.52. The quantitative estimate of drug-likeness (QED) is 0.860. The standard InChI is InChI=1S/C13H14BrNO2/c1-8-4-5-13(12(14)6-8)16-7-11-9(2)15-17-10(11)3/h4-6H,7H2,1-3H3. The molecule has 0 fully saturated rings. The molecule has 0 radical (unpaired) electrons. The van der Waals surface area contributed by atoms with Gasteiger partial charge in [-0.2, -0.15) is 0 Å². The van der Waals surface area contributed by atoms with Crippen molar-refractivity contribution >= 4 is 15.9 Å². The maximum Gasteiger partial charge on any atom is 0.140 e. The first kappa shape index (κ1) is 12.2. The number of nitrogens with zero attached hydrogens (tertiary/aromatic N) is 1. The first-order valence-corrected chi connectivity index (χ1v) is 6.18. The van der Waals surface area contributed by atoms with Crippen LogP contribution in [0.5, 0.6) is 5.75 Å². The predicted octanol–water partition coefficient (Wildman–Crippen LogP) is 3.94. The van der Waals surface area contributed by atoms with Gasteiger partial charge in [-0.25, -0.2) is 0 Å². The summed E-state index contributed by atoms with van der Waals surface area (Å²) in [6, 6.07) is 6.01. The summed E-state index contributed by atoms with van der Waals surface area (Å²) in [6.45, 7) is 6.33. The van der Waals surface area contributed by atoms with Gasteiger partial charge < -0.3 is 9.26 Å². The van der Waals surface area contributed by atoms with E-state index in [0.717, 1.165) is 27.2 Å². The summed E-state index contributed by atoms with van der Waals surface area (Å²) in [5, 5.41) is 3.90. The molecule has 0 spiro atoms. The van der Waals surface area contributed by atoms with Crippen LogP contribution in [0.2, 0.25) is 0 Å². The zero-order valence-electron chi connectivity index (χ0n) is 10.1. The number of benzene rings is 1. The fraction of sp³-hybridized carbons (Fsp3) is 0.308. The molecule has 0 unspecified atom stereocenters. The number of aryl methyl sites for hydroxylation is 3. The fourth-order valence-electron chi connectivity index (χ4n) is 1.58. The minimum Gasteiger partial charge on any atom is -0.488 e. The maximum atomic E-state index is 5.75. The molecule has 0 amide bonds. The Balaban J connectivity index is 2.13. The lowest BCUT2D eigenvalue weighted by atomic mass is 10.2. The second-order valence-corrected chi connectivity index (χ2v) is 4.88. The van der Waals surface area contributed by atoms with Crippen LogP contribution < -0.4 is 4.74 Å². The molecule has 0 aliphatic heterocycles. The molecule has 1 aromatic heterocycles. The van der Waals surface area contributed by atoms with Crippen LogP contribution in [0, 0.1) is 20.8 Å². The number of ether oxygens (including phenoxy) is 1. The molecule has 0 atom stereocenters. The Morgan fingerprint density at radius 2 is 2.06 bits per heavy atom. The van der Waals surface area contributed by atoms with Crippen LogP contribution in [0.3, 0.4) is 0 Å². The average molecular weight is 296 g/mol. The van der Waals surface area contributed by atoms with Gasteiger partial charge >= 0.3 is 0 Å². The maximum absolute atomic E-state index is 5.75. The van der Waals surface area contributed by atoms with Gasteiger partial charge in [0.1, 0.15) is 18.1 Å².